The van der Waals surface area contributed by atoms with E-state index in [1.165, 1.54) is 18.2 Å². The van der Waals surface area contributed by atoms with Gasteiger partial charge in [-0.3, -0.25) is 0 Å². The Labute approximate surface area is 159 Å². The standard InChI is InChI=1S/C22H22F2O2S/c1-15-12-19(13-16(2)17(15)3)21(27(4,25)26)10-11-22(24,20(23)14-21)18-8-6-5-7-9-18/h5-14H,1-4H3. The van der Waals surface area contributed by atoms with Crippen molar-refractivity contribution in [2.24, 2.45) is 0 Å². The summed E-state index contributed by atoms with van der Waals surface area (Å²) >= 11 is 0. The highest BCUT2D eigenvalue weighted by molar-refractivity contribution is 7.92. The summed E-state index contributed by atoms with van der Waals surface area (Å²) in [7, 11) is -3.82. The molecule has 2 aromatic carbocycles. The smallest absolute Gasteiger partial charge is 0.205 e. The molecule has 1 aliphatic rings. The Morgan fingerprint density at radius 1 is 0.889 bits per heavy atom. The molecule has 2 unspecified atom stereocenters. The highest BCUT2D eigenvalue weighted by Gasteiger charge is 2.48. The molecular formula is C22H22F2O2S. The van der Waals surface area contributed by atoms with Crippen molar-refractivity contribution in [3.8, 4) is 0 Å². The van der Waals surface area contributed by atoms with Crippen LogP contribution in [-0.4, -0.2) is 14.7 Å². The van der Waals surface area contributed by atoms with Crippen molar-refractivity contribution in [2.45, 2.75) is 31.2 Å². The van der Waals surface area contributed by atoms with Gasteiger partial charge in [0.2, 0.25) is 5.67 Å². The van der Waals surface area contributed by atoms with E-state index < -0.39 is 26.1 Å². The van der Waals surface area contributed by atoms with E-state index in [1.54, 1.807) is 30.3 Å². The molecule has 0 bridgehead atoms. The van der Waals surface area contributed by atoms with Gasteiger partial charge in [0.05, 0.1) is 0 Å². The summed E-state index contributed by atoms with van der Waals surface area (Å²) in [6.45, 7) is 5.69. The van der Waals surface area contributed by atoms with E-state index >= 15 is 8.78 Å². The van der Waals surface area contributed by atoms with E-state index in [0.29, 0.717) is 5.56 Å². The van der Waals surface area contributed by atoms with Crippen LogP contribution in [0.2, 0.25) is 0 Å². The highest BCUT2D eigenvalue weighted by Crippen LogP contribution is 2.47. The lowest BCUT2D eigenvalue weighted by atomic mass is 9.82. The molecule has 0 spiro atoms. The Morgan fingerprint density at radius 2 is 1.44 bits per heavy atom. The number of allylic oxidation sites excluding steroid dienone is 2. The largest absolute Gasteiger partial charge is 0.228 e. The number of halogens is 2. The molecule has 0 fully saturated rings. The van der Waals surface area contributed by atoms with Gasteiger partial charge in [0.25, 0.3) is 0 Å². The number of sulfone groups is 1. The third-order valence-corrected chi connectivity index (χ3v) is 7.15. The first-order chi connectivity index (χ1) is 12.5. The van der Waals surface area contributed by atoms with Gasteiger partial charge in [-0.1, -0.05) is 48.5 Å². The second-order valence-electron chi connectivity index (χ2n) is 7.20. The predicted octanol–water partition coefficient (Wildman–Crippen LogP) is 5.14. The SMILES string of the molecule is Cc1cc(C2(S(C)(=O)=O)C=CC(F)(c3ccccc3)C(F)=C2)cc(C)c1C. The van der Waals surface area contributed by atoms with Gasteiger partial charge in [-0.15, -0.1) is 0 Å². The molecule has 1 aliphatic carbocycles. The lowest BCUT2D eigenvalue weighted by Crippen LogP contribution is -2.37. The molecule has 142 valence electrons. The van der Waals surface area contributed by atoms with Crippen molar-refractivity contribution in [3.05, 3.63) is 94.3 Å². The first-order valence-electron chi connectivity index (χ1n) is 8.63. The summed E-state index contributed by atoms with van der Waals surface area (Å²) in [6, 6.07) is 11.3. The zero-order valence-electron chi connectivity index (χ0n) is 15.8. The van der Waals surface area contributed by atoms with Crippen molar-refractivity contribution < 1.29 is 17.2 Å². The summed E-state index contributed by atoms with van der Waals surface area (Å²) in [5.41, 5.74) is 0.881. The molecule has 0 saturated carbocycles. The van der Waals surface area contributed by atoms with Crippen molar-refractivity contribution in [2.75, 3.05) is 6.26 Å². The summed E-state index contributed by atoms with van der Waals surface area (Å²) in [4.78, 5) is 0. The summed E-state index contributed by atoms with van der Waals surface area (Å²) < 4.78 is 54.2. The Kier molecular flexibility index (Phi) is 4.63. The van der Waals surface area contributed by atoms with E-state index in [4.69, 9.17) is 0 Å². The van der Waals surface area contributed by atoms with E-state index in [-0.39, 0.29) is 5.56 Å². The topological polar surface area (TPSA) is 34.1 Å². The van der Waals surface area contributed by atoms with Crippen molar-refractivity contribution >= 4 is 9.84 Å². The van der Waals surface area contributed by atoms with Gasteiger partial charge in [-0.2, -0.15) is 0 Å². The second-order valence-corrected chi connectivity index (χ2v) is 9.42. The zero-order valence-corrected chi connectivity index (χ0v) is 16.6. The monoisotopic (exact) mass is 388 g/mol. The van der Waals surface area contributed by atoms with Crippen molar-refractivity contribution in [1.29, 1.82) is 0 Å². The van der Waals surface area contributed by atoms with Crippen LogP contribution in [0, 0.1) is 20.8 Å². The number of rotatable bonds is 3. The fraction of sp³-hybridized carbons (Fsp3) is 0.273. The van der Waals surface area contributed by atoms with Crippen LogP contribution in [0.1, 0.15) is 27.8 Å². The summed E-state index contributed by atoms with van der Waals surface area (Å²) in [6.07, 6.45) is 4.23. The van der Waals surface area contributed by atoms with E-state index in [0.717, 1.165) is 35.1 Å². The van der Waals surface area contributed by atoms with Gasteiger partial charge in [0.1, 0.15) is 10.6 Å². The number of hydrogen-bond acceptors (Lipinski definition) is 2. The van der Waals surface area contributed by atoms with Gasteiger partial charge < -0.3 is 0 Å². The maximum absolute atomic E-state index is 15.4. The van der Waals surface area contributed by atoms with Crippen LogP contribution in [-0.2, 0) is 20.3 Å². The highest BCUT2D eigenvalue weighted by atomic mass is 32.2. The van der Waals surface area contributed by atoms with E-state index in [2.05, 4.69) is 0 Å². The number of benzene rings is 2. The Hall–Kier alpha value is -2.27. The molecule has 2 nitrogen and oxygen atoms in total. The normalized spacial score (nSPS) is 25.3. The molecule has 0 radical (unpaired) electrons. The van der Waals surface area contributed by atoms with Crippen molar-refractivity contribution in [3.63, 3.8) is 0 Å². The van der Waals surface area contributed by atoms with Crippen LogP contribution in [0.15, 0.2) is 66.5 Å². The third kappa shape index (κ3) is 3.04. The molecule has 2 atom stereocenters. The fourth-order valence-corrected chi connectivity index (χ4v) is 4.64. The Morgan fingerprint density at radius 3 is 1.93 bits per heavy atom. The lowest BCUT2D eigenvalue weighted by Gasteiger charge is -2.34. The van der Waals surface area contributed by atoms with Crippen LogP contribution in [0.5, 0.6) is 0 Å². The molecule has 0 N–H and O–H groups in total. The van der Waals surface area contributed by atoms with Crippen LogP contribution in [0.25, 0.3) is 0 Å². The van der Waals surface area contributed by atoms with Gasteiger partial charge in [0.15, 0.2) is 9.84 Å². The van der Waals surface area contributed by atoms with Crippen molar-refractivity contribution in [1.82, 2.24) is 0 Å². The molecule has 3 rings (SSSR count). The van der Waals surface area contributed by atoms with E-state index in [1.807, 2.05) is 20.8 Å². The van der Waals surface area contributed by atoms with Crippen LogP contribution in [0.4, 0.5) is 8.78 Å². The molecule has 0 aliphatic heterocycles. The minimum absolute atomic E-state index is 0.119. The average Bonchev–Trinajstić information content (AvgIpc) is 2.61. The first-order valence-corrected chi connectivity index (χ1v) is 10.5. The Balaban J connectivity index is 2.25. The number of alkyl halides is 1. The second kappa shape index (κ2) is 6.41. The molecule has 27 heavy (non-hydrogen) atoms. The first kappa shape index (κ1) is 19.5. The average molecular weight is 388 g/mol. The number of hydrogen-bond donors (Lipinski definition) is 0. The summed E-state index contributed by atoms with van der Waals surface area (Å²) in [5.74, 6) is -1.13. The minimum atomic E-state index is -3.82. The summed E-state index contributed by atoms with van der Waals surface area (Å²) in [5, 5.41) is 0. The lowest BCUT2D eigenvalue weighted by molar-refractivity contribution is 0.232. The van der Waals surface area contributed by atoms with Gasteiger partial charge >= 0.3 is 0 Å². The molecule has 2 aromatic rings. The van der Waals surface area contributed by atoms with Gasteiger partial charge in [-0.05, 0) is 60.7 Å². The maximum Gasteiger partial charge on any atom is 0.205 e. The molecular weight excluding hydrogens is 366 g/mol. The maximum atomic E-state index is 15.4. The van der Waals surface area contributed by atoms with Crippen LogP contribution >= 0.6 is 0 Å². The Bertz CT molecular complexity index is 1030. The molecule has 0 heterocycles. The van der Waals surface area contributed by atoms with E-state index in [9.17, 15) is 8.42 Å². The molecule has 0 saturated heterocycles. The van der Waals surface area contributed by atoms with Gasteiger partial charge in [0, 0.05) is 6.26 Å². The quantitative estimate of drug-likeness (QED) is 0.682. The zero-order chi connectivity index (χ0) is 20.0. The van der Waals surface area contributed by atoms with Crippen LogP contribution in [0.3, 0.4) is 0 Å². The molecule has 5 heteroatoms. The predicted molar refractivity (Wildman–Crippen MR) is 105 cm³/mol. The van der Waals surface area contributed by atoms with Crippen LogP contribution < -0.4 is 0 Å². The van der Waals surface area contributed by atoms with Gasteiger partial charge in [-0.25, -0.2) is 17.2 Å². The molecule has 0 amide bonds. The third-order valence-electron chi connectivity index (χ3n) is 5.43. The molecule has 0 aromatic heterocycles. The fourth-order valence-electron chi connectivity index (χ4n) is 3.46. The minimum Gasteiger partial charge on any atom is -0.228 e. The number of aryl methyl sites for hydroxylation is 2.